The summed E-state index contributed by atoms with van der Waals surface area (Å²) in [6, 6.07) is 11.1. The number of nitrogen functional groups attached to an aromatic ring is 1. The third-order valence-electron chi connectivity index (χ3n) is 3.20. The maximum absolute atomic E-state index is 13.8. The number of para-hydroxylation sites is 1. The van der Waals surface area contributed by atoms with Gasteiger partial charge in [-0.15, -0.1) is 0 Å². The first-order valence-corrected chi connectivity index (χ1v) is 6.19. The van der Waals surface area contributed by atoms with E-state index in [-0.39, 0.29) is 0 Å². The third-order valence-corrected chi connectivity index (χ3v) is 3.20. The molecule has 0 radical (unpaired) electrons. The van der Waals surface area contributed by atoms with Crippen molar-refractivity contribution >= 4 is 5.82 Å². The summed E-state index contributed by atoms with van der Waals surface area (Å²) >= 11 is 0. The molecule has 3 rings (SSSR count). The van der Waals surface area contributed by atoms with Gasteiger partial charge in [-0.2, -0.15) is 5.10 Å². The van der Waals surface area contributed by atoms with Crippen LogP contribution < -0.4 is 5.73 Å². The highest BCUT2D eigenvalue weighted by Crippen LogP contribution is 2.29. The Labute approximate surface area is 115 Å². The van der Waals surface area contributed by atoms with Gasteiger partial charge in [-0.3, -0.25) is 4.98 Å². The molecule has 2 N–H and O–H groups in total. The fraction of sp³-hybridized carbons (Fsp3) is 0.0667. The van der Waals surface area contributed by atoms with E-state index in [0.29, 0.717) is 17.1 Å². The Bertz CT molecular complexity index is 750. The maximum Gasteiger partial charge on any atom is 0.150 e. The second-order valence-electron chi connectivity index (χ2n) is 4.46. The molecule has 0 unspecified atom stereocenters. The molecular weight excluding hydrogens is 255 g/mol. The summed E-state index contributed by atoms with van der Waals surface area (Å²) in [5.74, 6) is 0.0933. The Balaban J connectivity index is 2.19. The molecule has 0 aliphatic rings. The minimum Gasteiger partial charge on any atom is -0.383 e. The highest BCUT2D eigenvalue weighted by atomic mass is 19.1. The average Bonchev–Trinajstić information content (AvgIpc) is 2.77. The van der Waals surface area contributed by atoms with Crippen LogP contribution in [0.4, 0.5) is 10.2 Å². The van der Waals surface area contributed by atoms with E-state index in [2.05, 4.69) is 10.1 Å². The van der Waals surface area contributed by atoms with Gasteiger partial charge >= 0.3 is 0 Å². The van der Waals surface area contributed by atoms with Crippen LogP contribution in [0.1, 0.15) is 5.56 Å². The number of benzene rings is 1. The molecule has 1 aromatic carbocycles. The number of halogens is 1. The van der Waals surface area contributed by atoms with Crippen molar-refractivity contribution in [2.24, 2.45) is 0 Å². The number of aromatic nitrogens is 3. The second-order valence-corrected chi connectivity index (χ2v) is 4.46. The first-order chi connectivity index (χ1) is 9.68. The second kappa shape index (κ2) is 4.77. The van der Waals surface area contributed by atoms with E-state index < -0.39 is 5.82 Å². The van der Waals surface area contributed by atoms with Crippen LogP contribution in [0.15, 0.2) is 48.8 Å². The summed E-state index contributed by atoms with van der Waals surface area (Å²) in [7, 11) is 0. The average molecular weight is 268 g/mol. The lowest BCUT2D eigenvalue weighted by Crippen LogP contribution is -2.01. The summed E-state index contributed by atoms with van der Waals surface area (Å²) in [6.45, 7) is 1.83. The van der Waals surface area contributed by atoms with Gasteiger partial charge in [0, 0.05) is 17.3 Å². The van der Waals surface area contributed by atoms with Crippen LogP contribution in [0.2, 0.25) is 0 Å². The van der Waals surface area contributed by atoms with E-state index in [1.807, 2.05) is 37.3 Å². The van der Waals surface area contributed by atoms with E-state index in [0.717, 1.165) is 11.3 Å². The van der Waals surface area contributed by atoms with Gasteiger partial charge in [0.2, 0.25) is 0 Å². The Morgan fingerprint density at radius 1 is 1.15 bits per heavy atom. The summed E-state index contributed by atoms with van der Waals surface area (Å²) < 4.78 is 15.5. The van der Waals surface area contributed by atoms with Gasteiger partial charge in [-0.1, -0.05) is 18.2 Å². The minimum atomic E-state index is -0.409. The van der Waals surface area contributed by atoms with Crippen molar-refractivity contribution in [2.45, 2.75) is 6.92 Å². The van der Waals surface area contributed by atoms with Crippen molar-refractivity contribution in [1.29, 1.82) is 0 Å². The topological polar surface area (TPSA) is 56.7 Å². The Kier molecular flexibility index (Phi) is 2.95. The Morgan fingerprint density at radius 3 is 2.60 bits per heavy atom. The van der Waals surface area contributed by atoms with Crippen molar-refractivity contribution in [2.75, 3.05) is 5.73 Å². The van der Waals surface area contributed by atoms with E-state index in [1.165, 1.54) is 12.4 Å². The summed E-state index contributed by atoms with van der Waals surface area (Å²) in [4.78, 5) is 3.75. The zero-order valence-electron chi connectivity index (χ0n) is 10.9. The zero-order chi connectivity index (χ0) is 14.1. The van der Waals surface area contributed by atoms with Gasteiger partial charge in [0.25, 0.3) is 0 Å². The molecule has 0 amide bonds. The van der Waals surface area contributed by atoms with E-state index in [4.69, 9.17) is 5.73 Å². The summed E-state index contributed by atoms with van der Waals surface area (Å²) in [6.07, 6.45) is 2.71. The lowest BCUT2D eigenvalue weighted by atomic mass is 10.1. The molecule has 4 nitrogen and oxygen atoms in total. The molecule has 0 saturated carbocycles. The summed E-state index contributed by atoms with van der Waals surface area (Å²) in [5.41, 5.74) is 8.61. The van der Waals surface area contributed by atoms with Crippen LogP contribution in [0.5, 0.6) is 0 Å². The molecule has 3 aromatic rings. The predicted octanol–water partition coefficient (Wildman–Crippen LogP) is 2.96. The number of nitrogens with two attached hydrogens (primary N) is 1. The SMILES string of the molecule is Cc1c(-c2ccncc2F)nn(-c2ccccc2)c1N. The molecule has 0 spiro atoms. The van der Waals surface area contributed by atoms with Crippen molar-refractivity contribution in [3.05, 3.63) is 60.2 Å². The van der Waals surface area contributed by atoms with Crippen LogP contribution in [0.25, 0.3) is 16.9 Å². The van der Waals surface area contributed by atoms with Crippen molar-refractivity contribution in [3.63, 3.8) is 0 Å². The number of nitrogens with zero attached hydrogens (tertiary/aromatic N) is 3. The van der Waals surface area contributed by atoms with Crippen LogP contribution in [-0.4, -0.2) is 14.8 Å². The monoisotopic (exact) mass is 268 g/mol. The predicted molar refractivity (Wildman–Crippen MR) is 75.9 cm³/mol. The molecule has 20 heavy (non-hydrogen) atoms. The molecule has 0 aliphatic carbocycles. The number of hydrogen-bond donors (Lipinski definition) is 1. The molecule has 100 valence electrons. The first-order valence-electron chi connectivity index (χ1n) is 6.19. The van der Waals surface area contributed by atoms with E-state index in [9.17, 15) is 4.39 Å². The van der Waals surface area contributed by atoms with Crippen LogP contribution in [-0.2, 0) is 0 Å². The summed E-state index contributed by atoms with van der Waals surface area (Å²) in [5, 5.41) is 4.43. The molecule has 0 saturated heterocycles. The van der Waals surface area contributed by atoms with Gasteiger partial charge in [-0.25, -0.2) is 9.07 Å². The van der Waals surface area contributed by atoms with Gasteiger partial charge in [0.05, 0.1) is 11.9 Å². The quantitative estimate of drug-likeness (QED) is 0.777. The first kappa shape index (κ1) is 12.3. The van der Waals surface area contributed by atoms with Crippen LogP contribution in [0.3, 0.4) is 0 Å². The smallest absolute Gasteiger partial charge is 0.150 e. The zero-order valence-corrected chi connectivity index (χ0v) is 10.9. The number of anilines is 1. The van der Waals surface area contributed by atoms with Crippen LogP contribution in [0, 0.1) is 12.7 Å². The third kappa shape index (κ3) is 1.93. The standard InChI is InChI=1S/C15H13FN4/c1-10-14(12-7-8-18-9-13(12)16)19-20(15(10)17)11-5-3-2-4-6-11/h2-9H,17H2,1H3. The Morgan fingerprint density at radius 2 is 1.90 bits per heavy atom. The molecule has 0 atom stereocenters. The van der Waals surface area contributed by atoms with Gasteiger partial charge < -0.3 is 5.73 Å². The van der Waals surface area contributed by atoms with Crippen molar-refractivity contribution in [1.82, 2.24) is 14.8 Å². The maximum atomic E-state index is 13.8. The molecule has 0 fully saturated rings. The molecule has 2 aromatic heterocycles. The van der Waals surface area contributed by atoms with Crippen molar-refractivity contribution in [3.8, 4) is 16.9 Å². The fourth-order valence-electron chi connectivity index (χ4n) is 2.10. The minimum absolute atomic E-state index is 0.402. The lowest BCUT2D eigenvalue weighted by Gasteiger charge is -2.02. The number of hydrogen-bond acceptors (Lipinski definition) is 3. The molecule has 2 heterocycles. The van der Waals surface area contributed by atoms with Gasteiger partial charge in [-0.05, 0) is 25.1 Å². The Hall–Kier alpha value is -2.69. The molecule has 5 heteroatoms. The molecular formula is C15H13FN4. The molecule has 0 aliphatic heterocycles. The van der Waals surface area contributed by atoms with E-state index >= 15 is 0 Å². The van der Waals surface area contributed by atoms with Gasteiger partial charge in [0.15, 0.2) is 5.82 Å². The largest absolute Gasteiger partial charge is 0.383 e. The highest BCUT2D eigenvalue weighted by Gasteiger charge is 2.17. The normalized spacial score (nSPS) is 10.7. The fourth-order valence-corrected chi connectivity index (χ4v) is 2.10. The lowest BCUT2D eigenvalue weighted by molar-refractivity contribution is 0.624. The van der Waals surface area contributed by atoms with Crippen molar-refractivity contribution < 1.29 is 4.39 Å². The van der Waals surface area contributed by atoms with E-state index in [1.54, 1.807) is 10.7 Å². The molecule has 0 bridgehead atoms. The number of pyridine rings is 1. The van der Waals surface area contributed by atoms with Gasteiger partial charge in [0.1, 0.15) is 11.5 Å². The van der Waals surface area contributed by atoms with Crippen LogP contribution >= 0.6 is 0 Å². The number of rotatable bonds is 2. The highest BCUT2D eigenvalue weighted by molar-refractivity contribution is 5.69.